The van der Waals surface area contributed by atoms with Gasteiger partial charge in [0.15, 0.2) is 11.2 Å². The topological polar surface area (TPSA) is 52.2 Å². The molecule has 2 aromatic carbocycles. The Kier molecular flexibility index (Phi) is 4.90. The quantitative estimate of drug-likeness (QED) is 0.302. The first-order valence-electron chi connectivity index (χ1n) is 7.09. The zero-order valence-corrected chi connectivity index (χ0v) is 14.9. The van der Waals surface area contributed by atoms with Crippen molar-refractivity contribution < 1.29 is 9.78 Å². The molecule has 0 bridgehead atoms. The summed E-state index contributed by atoms with van der Waals surface area (Å²) in [7, 11) is 0. The van der Waals surface area contributed by atoms with E-state index in [-0.39, 0.29) is 5.88 Å². The van der Waals surface area contributed by atoms with Gasteiger partial charge in [-0.1, -0.05) is 45.1 Å². The summed E-state index contributed by atoms with van der Waals surface area (Å²) in [6.07, 6.45) is 0. The van der Waals surface area contributed by atoms with Gasteiger partial charge in [-0.2, -0.15) is 0 Å². The van der Waals surface area contributed by atoms with Crippen molar-refractivity contribution in [3.63, 3.8) is 0 Å². The van der Waals surface area contributed by atoms with Crippen LogP contribution in [0.15, 0.2) is 47.6 Å². The van der Waals surface area contributed by atoms with Crippen LogP contribution < -0.4 is 9.78 Å². The molecule has 7 heteroatoms. The Morgan fingerprint density at radius 1 is 1.21 bits per heavy atom. The first-order valence-corrected chi connectivity index (χ1v) is 8.38. The Morgan fingerprint density at radius 3 is 2.67 bits per heavy atom. The Hall–Kier alpha value is -1.88. The predicted octanol–water partition coefficient (Wildman–Crippen LogP) is 3.57. The Labute approximate surface area is 153 Å². The average Bonchev–Trinajstić information content (AvgIpc) is 2.57. The summed E-state index contributed by atoms with van der Waals surface area (Å²) < 4.78 is 1.46. The van der Waals surface area contributed by atoms with Crippen molar-refractivity contribution in [2.24, 2.45) is 5.10 Å². The van der Waals surface area contributed by atoms with Gasteiger partial charge >= 0.3 is 5.82 Å². The van der Waals surface area contributed by atoms with E-state index in [0.29, 0.717) is 21.6 Å². The molecular formula is C17H12Cl3N3O. The highest BCUT2D eigenvalue weighted by molar-refractivity contribution is 6.34. The van der Waals surface area contributed by atoms with Crippen LogP contribution in [0.5, 0.6) is 0 Å². The lowest BCUT2D eigenvalue weighted by Crippen LogP contribution is -2.40. The maximum absolute atomic E-state index is 11.8. The molecule has 1 aromatic heterocycles. The van der Waals surface area contributed by atoms with Gasteiger partial charge in [0.2, 0.25) is 0 Å². The molecule has 4 nitrogen and oxygen atoms in total. The molecule has 1 heterocycles. The van der Waals surface area contributed by atoms with Crippen LogP contribution in [-0.2, 0) is 0 Å². The number of hydrogen-bond donors (Lipinski definition) is 0. The van der Waals surface area contributed by atoms with Gasteiger partial charge in [-0.3, -0.25) is 0 Å². The van der Waals surface area contributed by atoms with E-state index in [9.17, 15) is 5.11 Å². The van der Waals surface area contributed by atoms with Gasteiger partial charge in [-0.25, -0.2) is 0 Å². The van der Waals surface area contributed by atoms with Crippen molar-refractivity contribution >= 4 is 51.6 Å². The van der Waals surface area contributed by atoms with Crippen LogP contribution in [0.25, 0.3) is 22.2 Å². The fourth-order valence-electron chi connectivity index (χ4n) is 2.47. The van der Waals surface area contributed by atoms with Gasteiger partial charge in [-0.05, 0) is 35.3 Å². The van der Waals surface area contributed by atoms with E-state index in [2.05, 4.69) is 10.1 Å². The van der Waals surface area contributed by atoms with Gasteiger partial charge in [0.1, 0.15) is 0 Å². The molecule has 0 N–H and O–H groups in total. The first kappa shape index (κ1) is 17.0. The van der Waals surface area contributed by atoms with Crippen LogP contribution in [0.1, 0.15) is 5.82 Å². The van der Waals surface area contributed by atoms with Crippen LogP contribution >= 0.6 is 34.8 Å². The van der Waals surface area contributed by atoms with E-state index in [1.54, 1.807) is 25.1 Å². The van der Waals surface area contributed by atoms with Crippen molar-refractivity contribution in [1.82, 2.24) is 4.98 Å². The molecule has 0 aliphatic rings. The molecule has 0 saturated carbocycles. The van der Waals surface area contributed by atoms with Gasteiger partial charge in [0.25, 0.3) is 0 Å². The summed E-state index contributed by atoms with van der Waals surface area (Å²) in [6, 6.07) is 12.7. The smallest absolute Gasteiger partial charge is 0.321 e. The number of halogens is 3. The standard InChI is InChI=1S/C17H12Cl3N3O/c1-10-21-15-7-6-11(19)8-13(15)17(23(10)22-16(24)9-18)12-4-2-3-5-14(12)20/h2-8H,9H2,1H3. The van der Waals surface area contributed by atoms with E-state index in [1.807, 2.05) is 24.3 Å². The van der Waals surface area contributed by atoms with Crippen LogP contribution in [0.3, 0.4) is 0 Å². The number of aryl methyl sites for hydroxylation is 1. The Morgan fingerprint density at radius 2 is 1.96 bits per heavy atom. The fourth-order valence-corrected chi connectivity index (χ4v) is 2.92. The fraction of sp³-hybridized carbons (Fsp3) is 0.118. The molecule has 24 heavy (non-hydrogen) atoms. The molecule has 0 spiro atoms. The molecule has 3 aromatic rings. The van der Waals surface area contributed by atoms with Crippen molar-refractivity contribution in [2.75, 3.05) is 5.88 Å². The number of rotatable bonds is 3. The second-order valence-corrected chi connectivity index (χ2v) is 6.20. The number of fused-ring (bicyclic) bond motifs is 1. The highest BCUT2D eigenvalue weighted by Crippen LogP contribution is 2.31. The zero-order chi connectivity index (χ0) is 17.3. The lowest BCUT2D eigenvalue weighted by molar-refractivity contribution is -0.678. The van der Waals surface area contributed by atoms with Crippen LogP contribution in [-0.4, -0.2) is 16.8 Å². The lowest BCUT2D eigenvalue weighted by Gasteiger charge is -2.11. The Balaban J connectivity index is 2.48. The molecule has 0 amide bonds. The van der Waals surface area contributed by atoms with Gasteiger partial charge in [0, 0.05) is 23.4 Å². The summed E-state index contributed by atoms with van der Waals surface area (Å²) in [4.78, 5) is 4.49. The maximum Gasteiger partial charge on any atom is 0.321 e. The highest BCUT2D eigenvalue weighted by Gasteiger charge is 2.23. The monoisotopic (exact) mass is 379 g/mol. The molecule has 3 rings (SSSR count). The minimum absolute atomic E-state index is 0.220. The average molecular weight is 381 g/mol. The van der Waals surface area contributed by atoms with Crippen molar-refractivity contribution in [3.05, 3.63) is 58.3 Å². The van der Waals surface area contributed by atoms with E-state index < -0.39 is 5.90 Å². The highest BCUT2D eigenvalue weighted by atomic mass is 35.5. The van der Waals surface area contributed by atoms with Gasteiger partial charge in [0.05, 0.1) is 16.3 Å². The molecule has 0 saturated heterocycles. The zero-order valence-electron chi connectivity index (χ0n) is 12.6. The maximum atomic E-state index is 11.8. The van der Waals surface area contributed by atoms with E-state index in [1.165, 1.54) is 4.68 Å². The summed E-state index contributed by atoms with van der Waals surface area (Å²) in [6.45, 7) is 1.76. The van der Waals surface area contributed by atoms with E-state index in [4.69, 9.17) is 34.8 Å². The molecule has 0 atom stereocenters. The first-order chi connectivity index (χ1) is 11.5. The number of alkyl halides is 1. The number of nitrogens with zero attached hydrogens (tertiary/aromatic N) is 3. The third-order valence-corrected chi connectivity index (χ3v) is 4.26. The predicted molar refractivity (Wildman–Crippen MR) is 95.7 cm³/mol. The minimum atomic E-state index is -0.471. The SMILES string of the molecule is Cc1nc2ccc(Cl)cc2c(-c2ccccc2Cl)[n+]1/N=C(\[O-])CCl. The summed E-state index contributed by atoms with van der Waals surface area (Å²) in [5.74, 6) is -0.151. The number of hydrogen-bond acceptors (Lipinski definition) is 3. The van der Waals surface area contributed by atoms with Crippen LogP contribution in [0.4, 0.5) is 0 Å². The molecule has 0 fully saturated rings. The number of benzene rings is 2. The molecule has 0 unspecified atom stereocenters. The summed E-state index contributed by atoms with van der Waals surface area (Å²) in [5, 5.41) is 17.7. The Bertz CT molecular complexity index is 957. The van der Waals surface area contributed by atoms with Crippen molar-refractivity contribution in [3.8, 4) is 11.3 Å². The van der Waals surface area contributed by atoms with Crippen LogP contribution in [0, 0.1) is 6.92 Å². The number of aromatic nitrogens is 2. The van der Waals surface area contributed by atoms with Crippen molar-refractivity contribution in [1.29, 1.82) is 0 Å². The van der Waals surface area contributed by atoms with Crippen LogP contribution in [0.2, 0.25) is 10.0 Å². The molecule has 122 valence electrons. The summed E-state index contributed by atoms with van der Waals surface area (Å²) in [5.41, 5.74) is 2.10. The largest absolute Gasteiger partial charge is 0.858 e. The molecular weight excluding hydrogens is 369 g/mol. The second-order valence-electron chi connectivity index (χ2n) is 5.09. The minimum Gasteiger partial charge on any atom is -0.858 e. The molecule has 0 aliphatic carbocycles. The normalized spacial score (nSPS) is 11.9. The van der Waals surface area contributed by atoms with Crippen molar-refractivity contribution in [2.45, 2.75) is 6.92 Å². The van der Waals surface area contributed by atoms with E-state index in [0.717, 1.165) is 16.5 Å². The van der Waals surface area contributed by atoms with Gasteiger partial charge < -0.3 is 5.11 Å². The molecule has 0 aliphatic heterocycles. The van der Waals surface area contributed by atoms with Gasteiger partial charge in [-0.15, -0.1) is 11.6 Å². The third kappa shape index (κ3) is 3.18. The third-order valence-electron chi connectivity index (χ3n) is 3.47. The molecule has 0 radical (unpaired) electrons. The lowest BCUT2D eigenvalue weighted by atomic mass is 10.1. The summed E-state index contributed by atoms with van der Waals surface area (Å²) >= 11 is 18.1. The van der Waals surface area contributed by atoms with E-state index >= 15 is 0 Å². The second kappa shape index (κ2) is 6.93.